The van der Waals surface area contributed by atoms with Gasteiger partial charge in [-0.05, 0) is 73.7 Å². The predicted octanol–water partition coefficient (Wildman–Crippen LogP) is 4.91. The number of aryl methyl sites for hydroxylation is 2. The van der Waals surface area contributed by atoms with Crippen LogP contribution in [0.3, 0.4) is 0 Å². The summed E-state index contributed by atoms with van der Waals surface area (Å²) in [5, 5.41) is 3.34. The third-order valence-corrected chi connectivity index (χ3v) is 6.36. The second-order valence-electron chi connectivity index (χ2n) is 7.29. The van der Waals surface area contributed by atoms with Crippen molar-refractivity contribution in [1.29, 1.82) is 0 Å². The first-order chi connectivity index (χ1) is 12.3. The molecule has 2 aliphatic carbocycles. The largest absolute Gasteiger partial charge is 0.358 e. The van der Waals surface area contributed by atoms with Crippen LogP contribution in [0.1, 0.15) is 52.2 Å². The molecule has 2 heterocycles. The number of fused-ring (bicyclic) bond motifs is 3. The molecule has 0 spiro atoms. The average molecular weight is 350 g/mol. The Morgan fingerprint density at radius 2 is 2.08 bits per heavy atom. The molecular weight excluding hydrogens is 328 g/mol. The molecule has 4 heteroatoms. The Morgan fingerprint density at radius 3 is 2.88 bits per heavy atom. The topological polar surface area (TPSA) is 36.1 Å². The maximum atomic E-state index is 13.2. The molecule has 2 aromatic heterocycles. The Balaban J connectivity index is 1.49. The number of rotatable bonds is 4. The molecule has 0 atom stereocenters. The molecule has 25 heavy (non-hydrogen) atoms. The van der Waals surface area contributed by atoms with Gasteiger partial charge in [-0.2, -0.15) is 0 Å². The van der Waals surface area contributed by atoms with Gasteiger partial charge in [0.25, 0.3) is 5.91 Å². The van der Waals surface area contributed by atoms with E-state index in [9.17, 15) is 4.79 Å². The van der Waals surface area contributed by atoms with E-state index >= 15 is 0 Å². The van der Waals surface area contributed by atoms with Crippen LogP contribution in [-0.2, 0) is 19.4 Å². The van der Waals surface area contributed by atoms with Gasteiger partial charge in [-0.1, -0.05) is 6.07 Å². The van der Waals surface area contributed by atoms with E-state index < -0.39 is 0 Å². The molecule has 0 saturated heterocycles. The second kappa shape index (κ2) is 6.03. The van der Waals surface area contributed by atoms with Crippen LogP contribution in [0, 0.1) is 0 Å². The molecule has 3 aromatic rings. The zero-order chi connectivity index (χ0) is 16.8. The van der Waals surface area contributed by atoms with Crippen LogP contribution in [0.5, 0.6) is 0 Å². The fraction of sp³-hybridized carbons (Fsp3) is 0.381. The van der Waals surface area contributed by atoms with Crippen molar-refractivity contribution < 1.29 is 4.79 Å². The van der Waals surface area contributed by atoms with Crippen molar-refractivity contribution in [2.45, 2.75) is 51.1 Å². The molecule has 128 valence electrons. The van der Waals surface area contributed by atoms with Gasteiger partial charge < -0.3 is 9.88 Å². The zero-order valence-electron chi connectivity index (χ0n) is 14.3. The van der Waals surface area contributed by atoms with E-state index in [4.69, 9.17) is 0 Å². The van der Waals surface area contributed by atoms with E-state index in [1.807, 2.05) is 6.07 Å². The number of amides is 1. The number of nitrogens with one attached hydrogen (secondary N) is 1. The summed E-state index contributed by atoms with van der Waals surface area (Å²) >= 11 is 1.73. The van der Waals surface area contributed by atoms with Crippen LogP contribution in [0.2, 0.25) is 0 Å². The smallest absolute Gasteiger partial charge is 0.254 e. The van der Waals surface area contributed by atoms with Crippen LogP contribution in [0.25, 0.3) is 10.9 Å². The van der Waals surface area contributed by atoms with Crippen LogP contribution in [0.15, 0.2) is 35.7 Å². The van der Waals surface area contributed by atoms with Gasteiger partial charge in [0.2, 0.25) is 0 Å². The number of nitrogens with zero attached hydrogens (tertiary/aromatic N) is 1. The third-order valence-electron chi connectivity index (χ3n) is 5.50. The fourth-order valence-electron chi connectivity index (χ4n) is 4.03. The lowest BCUT2D eigenvalue weighted by atomic mass is 9.95. The second-order valence-corrected chi connectivity index (χ2v) is 8.33. The number of H-pyrrole nitrogens is 1. The molecule has 0 bridgehead atoms. The standard InChI is InChI=1S/C21H22N2OS/c24-21(23(15-8-9-15)13-16-4-3-11-25-16)14-7-10-20-18(12-14)17-5-1-2-6-19(17)22-20/h3-4,7,10-12,15,22H,1-2,5-6,8-9,13H2. The van der Waals surface area contributed by atoms with E-state index in [1.165, 1.54) is 39.9 Å². The van der Waals surface area contributed by atoms with Crippen molar-refractivity contribution in [2.75, 3.05) is 0 Å². The van der Waals surface area contributed by atoms with Crippen molar-refractivity contribution in [1.82, 2.24) is 9.88 Å². The SMILES string of the molecule is O=C(c1ccc2[nH]c3c(c2c1)CCCC3)N(Cc1cccs1)C1CC1. The first-order valence-corrected chi connectivity index (χ1v) is 10.1. The Kier molecular flexibility index (Phi) is 3.66. The lowest BCUT2D eigenvalue weighted by Gasteiger charge is -2.22. The first-order valence-electron chi connectivity index (χ1n) is 9.26. The first kappa shape index (κ1) is 15.2. The lowest BCUT2D eigenvalue weighted by molar-refractivity contribution is 0.0732. The van der Waals surface area contributed by atoms with E-state index in [2.05, 4.69) is 39.5 Å². The number of hydrogen-bond acceptors (Lipinski definition) is 2. The predicted molar refractivity (Wildman–Crippen MR) is 102 cm³/mol. The summed E-state index contributed by atoms with van der Waals surface area (Å²) in [6.07, 6.45) is 7.07. The average Bonchev–Trinajstić information content (AvgIpc) is 3.22. The van der Waals surface area contributed by atoms with Crippen LogP contribution >= 0.6 is 11.3 Å². The molecule has 0 unspecified atom stereocenters. The van der Waals surface area contributed by atoms with Crippen molar-refractivity contribution in [3.05, 3.63) is 57.4 Å². The number of aromatic nitrogens is 1. The minimum Gasteiger partial charge on any atom is -0.358 e. The van der Waals surface area contributed by atoms with Gasteiger partial charge in [0.1, 0.15) is 0 Å². The van der Waals surface area contributed by atoms with Crippen molar-refractivity contribution in [2.24, 2.45) is 0 Å². The molecule has 0 radical (unpaired) electrons. The normalized spacial score (nSPS) is 16.8. The van der Waals surface area contributed by atoms with Gasteiger partial charge >= 0.3 is 0 Å². The Labute approximate surface area is 151 Å². The van der Waals surface area contributed by atoms with Gasteiger partial charge in [0.15, 0.2) is 0 Å². The van der Waals surface area contributed by atoms with Gasteiger partial charge in [-0.3, -0.25) is 4.79 Å². The van der Waals surface area contributed by atoms with E-state index in [-0.39, 0.29) is 5.91 Å². The molecule has 3 nitrogen and oxygen atoms in total. The zero-order valence-corrected chi connectivity index (χ0v) is 15.1. The lowest BCUT2D eigenvalue weighted by Crippen LogP contribution is -2.32. The van der Waals surface area contributed by atoms with E-state index in [0.717, 1.165) is 37.8 Å². The highest BCUT2D eigenvalue weighted by atomic mass is 32.1. The van der Waals surface area contributed by atoms with E-state index in [1.54, 1.807) is 11.3 Å². The monoisotopic (exact) mass is 350 g/mol. The molecule has 1 saturated carbocycles. The van der Waals surface area contributed by atoms with Gasteiger partial charge in [0, 0.05) is 33.1 Å². The van der Waals surface area contributed by atoms with Crippen LogP contribution < -0.4 is 0 Å². The number of hydrogen-bond donors (Lipinski definition) is 1. The quantitative estimate of drug-likeness (QED) is 0.713. The van der Waals surface area contributed by atoms with Crippen molar-refractivity contribution in [3.8, 4) is 0 Å². The fourth-order valence-corrected chi connectivity index (χ4v) is 4.73. The van der Waals surface area contributed by atoms with Gasteiger partial charge in [-0.25, -0.2) is 0 Å². The summed E-state index contributed by atoms with van der Waals surface area (Å²) in [5.41, 5.74) is 4.83. The summed E-state index contributed by atoms with van der Waals surface area (Å²) in [5.74, 6) is 0.184. The van der Waals surface area contributed by atoms with Crippen molar-refractivity contribution in [3.63, 3.8) is 0 Å². The molecule has 1 aromatic carbocycles. The molecule has 5 rings (SSSR count). The van der Waals surface area contributed by atoms with Gasteiger partial charge in [-0.15, -0.1) is 11.3 Å². The summed E-state index contributed by atoms with van der Waals surface area (Å²) in [6, 6.07) is 10.8. The molecule has 1 N–H and O–H groups in total. The Bertz CT molecular complexity index is 921. The number of carbonyl (C=O) groups is 1. The summed E-state index contributed by atoms with van der Waals surface area (Å²) in [4.78, 5) is 20.1. The van der Waals surface area contributed by atoms with E-state index in [0.29, 0.717) is 6.04 Å². The molecular formula is C21H22N2OS. The Hall–Kier alpha value is -2.07. The molecule has 2 aliphatic rings. The maximum Gasteiger partial charge on any atom is 0.254 e. The Morgan fingerprint density at radius 1 is 1.20 bits per heavy atom. The van der Waals surface area contributed by atoms with Crippen LogP contribution in [-0.4, -0.2) is 21.8 Å². The minimum absolute atomic E-state index is 0.184. The minimum atomic E-state index is 0.184. The highest BCUT2D eigenvalue weighted by molar-refractivity contribution is 7.09. The molecule has 0 aliphatic heterocycles. The van der Waals surface area contributed by atoms with Crippen molar-refractivity contribution >= 4 is 28.1 Å². The number of thiophene rings is 1. The summed E-state index contributed by atoms with van der Waals surface area (Å²) in [7, 11) is 0. The summed E-state index contributed by atoms with van der Waals surface area (Å²) < 4.78 is 0. The number of benzene rings is 1. The van der Waals surface area contributed by atoms with Gasteiger partial charge in [0.05, 0.1) is 6.54 Å². The number of aromatic amines is 1. The summed E-state index contributed by atoms with van der Waals surface area (Å²) in [6.45, 7) is 0.741. The molecule has 1 amide bonds. The highest BCUT2D eigenvalue weighted by Crippen LogP contribution is 2.33. The highest BCUT2D eigenvalue weighted by Gasteiger charge is 2.33. The molecule has 1 fully saturated rings. The number of carbonyl (C=O) groups excluding carboxylic acids is 1. The van der Waals surface area contributed by atoms with Crippen LogP contribution in [0.4, 0.5) is 0 Å². The third kappa shape index (κ3) is 2.78. The maximum absolute atomic E-state index is 13.2.